The molecule has 6 nitrogen and oxygen atoms in total. The summed E-state index contributed by atoms with van der Waals surface area (Å²) in [6.07, 6.45) is 17.2. The molecule has 0 aliphatic carbocycles. The number of hydrogen-bond acceptors (Lipinski definition) is 5. The fraction of sp³-hybridized carbons (Fsp3) is 1.00. The second-order valence-electron chi connectivity index (χ2n) is 8.27. The summed E-state index contributed by atoms with van der Waals surface area (Å²) < 4.78 is 19.8. The Morgan fingerprint density at radius 3 is 1.62 bits per heavy atom. The number of aliphatic hydroxyl groups excluding tert-OH is 1. The fourth-order valence-electron chi connectivity index (χ4n) is 3.15. The summed E-state index contributed by atoms with van der Waals surface area (Å²) in [7, 11) is -4.76. The first kappa shape index (κ1) is 32.2. The van der Waals surface area contributed by atoms with Crippen LogP contribution in [-0.4, -0.2) is 35.9 Å². The molecule has 2 N–H and O–H groups in total. The first-order valence-electron chi connectivity index (χ1n) is 11.3. The van der Waals surface area contributed by atoms with Gasteiger partial charge in [0.2, 0.25) is 0 Å². The van der Waals surface area contributed by atoms with Gasteiger partial charge in [0, 0.05) is 6.61 Å². The van der Waals surface area contributed by atoms with E-state index in [0.29, 0.717) is 6.61 Å². The molecule has 0 saturated carbocycles. The Morgan fingerprint density at radius 2 is 1.21 bits per heavy atom. The van der Waals surface area contributed by atoms with Gasteiger partial charge in [-0.3, -0.25) is 4.57 Å². The van der Waals surface area contributed by atoms with Crippen LogP contribution < -0.4 is 34.5 Å². The molecule has 0 aromatic rings. The van der Waals surface area contributed by atoms with E-state index in [4.69, 9.17) is 9.63 Å². The van der Waals surface area contributed by atoms with Crippen molar-refractivity contribution < 1.29 is 58.3 Å². The van der Waals surface area contributed by atoms with Crippen LogP contribution in [0.4, 0.5) is 0 Å². The number of rotatable bonds is 21. The summed E-state index contributed by atoms with van der Waals surface area (Å²) in [4.78, 5) is 18.8. The Morgan fingerprint density at radius 1 is 0.793 bits per heavy atom. The maximum atomic E-state index is 10.4. The number of phosphoric ester groups is 1. The van der Waals surface area contributed by atoms with Gasteiger partial charge >= 0.3 is 29.6 Å². The Kier molecular flexibility index (Phi) is 24.7. The van der Waals surface area contributed by atoms with Gasteiger partial charge in [-0.05, 0) is 12.3 Å². The summed E-state index contributed by atoms with van der Waals surface area (Å²) >= 11 is 0. The van der Waals surface area contributed by atoms with E-state index >= 15 is 0 Å². The first-order valence-corrected chi connectivity index (χ1v) is 12.7. The van der Waals surface area contributed by atoms with Crippen molar-refractivity contribution >= 4 is 7.82 Å². The monoisotopic (exact) mass is 446 g/mol. The second-order valence-corrected chi connectivity index (χ2v) is 9.47. The van der Waals surface area contributed by atoms with Gasteiger partial charge in [0.1, 0.15) is 6.10 Å². The molecule has 0 spiro atoms. The zero-order chi connectivity index (χ0) is 21.1. The molecule has 2 atom stereocenters. The van der Waals surface area contributed by atoms with Crippen LogP contribution in [0.15, 0.2) is 0 Å². The summed E-state index contributed by atoms with van der Waals surface area (Å²) in [5, 5.41) is 9.43. The van der Waals surface area contributed by atoms with E-state index in [-0.39, 0.29) is 36.2 Å². The van der Waals surface area contributed by atoms with Crippen molar-refractivity contribution in [3.8, 4) is 0 Å². The third-order valence-electron chi connectivity index (χ3n) is 4.81. The van der Waals surface area contributed by atoms with E-state index < -0.39 is 20.5 Å². The Balaban J connectivity index is 0. The number of hydrogen-bond donors (Lipinski definition) is 2. The molecule has 0 aromatic heterocycles. The van der Waals surface area contributed by atoms with E-state index in [0.717, 1.165) is 18.8 Å². The molecule has 8 heteroatoms. The van der Waals surface area contributed by atoms with Gasteiger partial charge in [-0.2, -0.15) is 0 Å². The van der Waals surface area contributed by atoms with Crippen LogP contribution >= 0.6 is 7.82 Å². The molecule has 0 heterocycles. The Bertz CT molecular complexity index is 378. The minimum Gasteiger partial charge on any atom is -0.756 e. The topological polar surface area (TPSA) is 99.0 Å². The molecule has 29 heavy (non-hydrogen) atoms. The van der Waals surface area contributed by atoms with Gasteiger partial charge in [-0.1, -0.05) is 97.3 Å². The molecule has 170 valence electrons. The molecule has 0 fully saturated rings. The molecule has 0 bridgehead atoms. The smallest absolute Gasteiger partial charge is 0.756 e. The zero-order valence-electron chi connectivity index (χ0n) is 19.2. The Labute approximate surface area is 201 Å². The van der Waals surface area contributed by atoms with Crippen LogP contribution in [0, 0.1) is 5.92 Å². The van der Waals surface area contributed by atoms with Gasteiger partial charge in [0.25, 0.3) is 7.82 Å². The van der Waals surface area contributed by atoms with E-state index in [1.54, 1.807) is 0 Å². The van der Waals surface area contributed by atoms with Crippen LogP contribution in [-0.2, 0) is 13.8 Å². The van der Waals surface area contributed by atoms with E-state index in [1.807, 2.05) is 0 Å². The molecule has 0 aromatic carbocycles. The first-order chi connectivity index (χ1) is 13.3. The summed E-state index contributed by atoms with van der Waals surface area (Å²) in [5.41, 5.74) is 0. The molecule has 0 radical (unpaired) electrons. The van der Waals surface area contributed by atoms with Crippen molar-refractivity contribution in [1.82, 2.24) is 0 Å². The third-order valence-corrected chi connectivity index (χ3v) is 5.29. The third kappa shape index (κ3) is 29.0. The molecule has 0 aliphatic rings. The van der Waals surface area contributed by atoms with Crippen molar-refractivity contribution in [3.63, 3.8) is 0 Å². The van der Waals surface area contributed by atoms with Crippen molar-refractivity contribution in [2.45, 2.75) is 110 Å². The number of ether oxygens (including phenoxy) is 1. The predicted molar refractivity (Wildman–Crippen MR) is 112 cm³/mol. The predicted octanol–water partition coefficient (Wildman–Crippen LogP) is 1.96. The SMILES string of the molecule is CC(C)CCCCCCCCCCCCCCCOCC(O)COP(=O)([O-])O.[Na+]. The standard InChI is InChI=1S/C21H45O6P.Na/c1-20(2)16-14-12-10-8-6-4-3-5-7-9-11-13-15-17-26-18-21(22)19-27-28(23,24)25;/h20-22H,3-19H2,1-2H3,(H2,23,24,25);/q;+1/p-1. The van der Waals surface area contributed by atoms with Gasteiger partial charge in [-0.25, -0.2) is 0 Å². The van der Waals surface area contributed by atoms with Crippen molar-refractivity contribution in [2.75, 3.05) is 19.8 Å². The summed E-state index contributed by atoms with van der Waals surface area (Å²) in [6.45, 7) is 4.68. The molecular weight excluding hydrogens is 402 g/mol. The normalized spacial score (nSPS) is 14.6. The van der Waals surface area contributed by atoms with Crippen molar-refractivity contribution in [2.24, 2.45) is 5.92 Å². The largest absolute Gasteiger partial charge is 1.00 e. The second kappa shape index (κ2) is 22.2. The van der Waals surface area contributed by atoms with Crippen LogP contribution in [0.3, 0.4) is 0 Å². The molecular formula is C21H44NaO6P. The molecule has 0 saturated heterocycles. The van der Waals surface area contributed by atoms with Crippen LogP contribution in [0.25, 0.3) is 0 Å². The minimum atomic E-state index is -4.76. The van der Waals surface area contributed by atoms with Gasteiger partial charge < -0.3 is 24.2 Å². The van der Waals surface area contributed by atoms with Gasteiger partial charge in [0.05, 0.1) is 13.2 Å². The number of unbranched alkanes of at least 4 members (excludes halogenated alkanes) is 12. The van der Waals surface area contributed by atoms with E-state index in [1.165, 1.54) is 77.0 Å². The molecule has 0 rings (SSSR count). The van der Waals surface area contributed by atoms with E-state index in [9.17, 15) is 14.6 Å². The zero-order valence-corrected chi connectivity index (χ0v) is 22.0. The van der Waals surface area contributed by atoms with Gasteiger partial charge in [-0.15, -0.1) is 0 Å². The fourth-order valence-corrected chi connectivity index (χ4v) is 3.51. The average molecular weight is 447 g/mol. The number of aliphatic hydroxyl groups is 1. The summed E-state index contributed by atoms with van der Waals surface area (Å²) in [6, 6.07) is 0. The maximum absolute atomic E-state index is 10.4. The van der Waals surface area contributed by atoms with Crippen LogP contribution in [0.5, 0.6) is 0 Å². The minimum absolute atomic E-state index is 0. The number of phosphoric acid groups is 1. The average Bonchev–Trinajstić information content (AvgIpc) is 2.61. The van der Waals surface area contributed by atoms with Crippen LogP contribution in [0.1, 0.15) is 104 Å². The van der Waals surface area contributed by atoms with Crippen molar-refractivity contribution in [3.05, 3.63) is 0 Å². The van der Waals surface area contributed by atoms with Gasteiger partial charge in [0.15, 0.2) is 0 Å². The molecule has 2 unspecified atom stereocenters. The molecule has 0 amide bonds. The maximum Gasteiger partial charge on any atom is 1.00 e. The Hall–Kier alpha value is 1.03. The van der Waals surface area contributed by atoms with Crippen LogP contribution in [0.2, 0.25) is 0 Å². The van der Waals surface area contributed by atoms with Crippen molar-refractivity contribution in [1.29, 1.82) is 0 Å². The molecule has 0 aliphatic heterocycles. The quantitative estimate of drug-likeness (QED) is 0.159. The summed E-state index contributed by atoms with van der Waals surface area (Å²) in [5.74, 6) is 0.848. The van der Waals surface area contributed by atoms with E-state index in [2.05, 4.69) is 18.4 Å².